The number of unbranched alkanes of at least 4 members (excludes halogenated alkanes) is 1. The number of hydrogen-bond donors (Lipinski definition) is 0. The standard InChI is InChI=1S/C39H47N5/c1-7-10-15-27-19-20-30-32(22-27)40-26-43-37(30)29-17-12-11-16-28(29)31(24-39(43,8-2)9-3)35-25-44-34(23-36(41-44)38(4,5)6)33-18-13-14-21-42(33)35/h11-14,16-23,26,31,35H,7-10,15,24-25H2,1-6H3/q+2. The van der Waals surface area contributed by atoms with Gasteiger partial charge < -0.3 is 0 Å². The first-order valence-electron chi connectivity index (χ1n) is 16.8. The molecule has 7 rings (SSSR count). The lowest BCUT2D eigenvalue weighted by Crippen LogP contribution is -2.58. The van der Waals surface area contributed by atoms with Gasteiger partial charge in [0.15, 0.2) is 17.8 Å². The van der Waals surface area contributed by atoms with Crippen molar-refractivity contribution >= 4 is 10.9 Å². The predicted molar refractivity (Wildman–Crippen MR) is 177 cm³/mol. The highest BCUT2D eigenvalue weighted by molar-refractivity contribution is 5.92. The Labute approximate surface area is 262 Å². The van der Waals surface area contributed by atoms with Gasteiger partial charge in [-0.3, -0.25) is 4.68 Å². The van der Waals surface area contributed by atoms with Crippen LogP contribution < -0.4 is 9.13 Å². The van der Waals surface area contributed by atoms with Crippen LogP contribution in [0.4, 0.5) is 0 Å². The molecular weight excluding hydrogens is 538 g/mol. The van der Waals surface area contributed by atoms with Crippen LogP contribution in [0.2, 0.25) is 0 Å². The van der Waals surface area contributed by atoms with E-state index in [1.165, 1.54) is 52.0 Å². The van der Waals surface area contributed by atoms with Crippen molar-refractivity contribution in [3.05, 3.63) is 96.1 Å². The number of rotatable bonds is 6. The highest BCUT2D eigenvalue weighted by Crippen LogP contribution is 2.47. The molecule has 2 aliphatic rings. The molecule has 226 valence electrons. The maximum atomic E-state index is 5.22. The quantitative estimate of drug-likeness (QED) is 0.188. The van der Waals surface area contributed by atoms with E-state index in [0.717, 1.165) is 43.4 Å². The first-order valence-corrected chi connectivity index (χ1v) is 16.8. The third kappa shape index (κ3) is 4.58. The number of fused-ring (bicyclic) bond motifs is 8. The molecule has 2 aromatic carbocycles. The average molecular weight is 586 g/mol. The highest BCUT2D eigenvalue weighted by atomic mass is 15.3. The zero-order valence-corrected chi connectivity index (χ0v) is 27.3. The normalized spacial score (nSPS) is 18.7. The Kier molecular flexibility index (Phi) is 7.18. The van der Waals surface area contributed by atoms with Crippen LogP contribution in [0.15, 0.2) is 79.3 Å². The van der Waals surface area contributed by atoms with Gasteiger partial charge in [-0.2, -0.15) is 9.67 Å². The summed E-state index contributed by atoms with van der Waals surface area (Å²) in [6.45, 7) is 14.6. The Balaban J connectivity index is 1.44. The number of aryl methyl sites for hydroxylation is 1. The summed E-state index contributed by atoms with van der Waals surface area (Å²) in [5, 5.41) is 6.48. The molecule has 0 saturated carbocycles. The number of aromatic nitrogens is 5. The maximum Gasteiger partial charge on any atom is 0.287 e. The van der Waals surface area contributed by atoms with E-state index in [1.807, 2.05) is 0 Å². The fourth-order valence-electron chi connectivity index (χ4n) is 7.92. The summed E-state index contributed by atoms with van der Waals surface area (Å²) in [6, 6.07) is 25.4. The van der Waals surface area contributed by atoms with E-state index in [1.54, 1.807) is 0 Å². The van der Waals surface area contributed by atoms with Crippen molar-refractivity contribution in [2.24, 2.45) is 0 Å². The van der Waals surface area contributed by atoms with Crippen molar-refractivity contribution in [3.8, 4) is 22.6 Å². The van der Waals surface area contributed by atoms with E-state index in [0.29, 0.717) is 5.92 Å². The molecule has 0 amide bonds. The predicted octanol–water partition coefficient (Wildman–Crippen LogP) is 8.24. The molecule has 5 heteroatoms. The van der Waals surface area contributed by atoms with Crippen LogP contribution in [0.1, 0.15) is 102 Å². The molecule has 0 spiro atoms. The molecule has 2 unspecified atom stereocenters. The molecule has 0 aliphatic carbocycles. The minimum absolute atomic E-state index is 0.00329. The first kappa shape index (κ1) is 28.9. The second-order valence-electron chi connectivity index (χ2n) is 14.2. The van der Waals surface area contributed by atoms with E-state index < -0.39 is 0 Å². The zero-order valence-electron chi connectivity index (χ0n) is 27.3. The second kappa shape index (κ2) is 10.9. The van der Waals surface area contributed by atoms with E-state index in [4.69, 9.17) is 10.1 Å². The maximum absolute atomic E-state index is 5.22. The second-order valence-corrected chi connectivity index (χ2v) is 14.2. The molecule has 5 nitrogen and oxygen atoms in total. The molecule has 0 radical (unpaired) electrons. The van der Waals surface area contributed by atoms with Gasteiger partial charge in [0.05, 0.1) is 17.0 Å². The van der Waals surface area contributed by atoms with Crippen molar-refractivity contribution in [3.63, 3.8) is 0 Å². The molecule has 5 heterocycles. The van der Waals surface area contributed by atoms with Gasteiger partial charge in [0.2, 0.25) is 5.69 Å². The Morgan fingerprint density at radius 2 is 1.75 bits per heavy atom. The van der Waals surface area contributed by atoms with Crippen LogP contribution in [-0.4, -0.2) is 14.8 Å². The molecule has 2 aliphatic heterocycles. The third-order valence-corrected chi connectivity index (χ3v) is 10.6. The topological polar surface area (TPSA) is 38.5 Å². The minimum atomic E-state index is -0.0580. The summed E-state index contributed by atoms with van der Waals surface area (Å²) in [5.41, 5.74) is 10.2. The van der Waals surface area contributed by atoms with Gasteiger partial charge >= 0.3 is 0 Å². The molecule has 0 saturated heterocycles. The summed E-state index contributed by atoms with van der Waals surface area (Å²) >= 11 is 0. The van der Waals surface area contributed by atoms with E-state index in [-0.39, 0.29) is 17.0 Å². The van der Waals surface area contributed by atoms with Crippen LogP contribution in [-0.2, 0) is 23.9 Å². The fourth-order valence-corrected chi connectivity index (χ4v) is 7.92. The van der Waals surface area contributed by atoms with E-state index in [2.05, 4.69) is 135 Å². The van der Waals surface area contributed by atoms with E-state index in [9.17, 15) is 0 Å². The first-order chi connectivity index (χ1) is 21.3. The molecular formula is C39H47N5+2. The van der Waals surface area contributed by atoms with Gasteiger partial charge in [-0.05, 0) is 66.1 Å². The van der Waals surface area contributed by atoms with Gasteiger partial charge in [0.25, 0.3) is 6.33 Å². The summed E-state index contributed by atoms with van der Waals surface area (Å²) in [4.78, 5) is 5.14. The summed E-state index contributed by atoms with van der Waals surface area (Å²) < 4.78 is 7.41. The van der Waals surface area contributed by atoms with Crippen molar-refractivity contribution < 1.29 is 9.13 Å². The Morgan fingerprint density at radius 3 is 2.52 bits per heavy atom. The Morgan fingerprint density at radius 1 is 0.955 bits per heavy atom. The summed E-state index contributed by atoms with van der Waals surface area (Å²) in [5.74, 6) is 0.298. The summed E-state index contributed by atoms with van der Waals surface area (Å²) in [7, 11) is 0. The van der Waals surface area contributed by atoms with Crippen LogP contribution in [0.5, 0.6) is 0 Å². The van der Waals surface area contributed by atoms with E-state index >= 15 is 0 Å². The molecule has 0 fully saturated rings. The molecule has 44 heavy (non-hydrogen) atoms. The van der Waals surface area contributed by atoms with Gasteiger partial charge in [-0.1, -0.05) is 78.3 Å². The van der Waals surface area contributed by atoms with Crippen LogP contribution >= 0.6 is 0 Å². The van der Waals surface area contributed by atoms with Crippen molar-refractivity contribution in [2.45, 2.75) is 110 Å². The largest absolute Gasteiger partial charge is 0.287 e. The SMILES string of the molecule is CCCCc1ccc2c3[n+](cnc2c1)C(CC)(CC)CC(C1Cn2nc(C(C)(C)C)cc2-c2cccc[n+]21)c1ccccc1-3. The highest BCUT2D eigenvalue weighted by Gasteiger charge is 2.49. The smallest absolute Gasteiger partial charge is 0.252 e. The number of hydrogen-bond acceptors (Lipinski definition) is 2. The molecule has 3 aromatic heterocycles. The molecule has 5 aromatic rings. The van der Waals surface area contributed by atoms with Crippen LogP contribution in [0.25, 0.3) is 33.5 Å². The van der Waals surface area contributed by atoms with Gasteiger partial charge in [-0.25, -0.2) is 4.57 Å². The number of benzene rings is 2. The molecule has 0 N–H and O–H groups in total. The third-order valence-electron chi connectivity index (χ3n) is 10.6. The Bertz CT molecular complexity index is 1840. The molecule has 2 atom stereocenters. The number of pyridine rings is 1. The number of nitrogens with zero attached hydrogens (tertiary/aromatic N) is 5. The lowest BCUT2D eigenvalue weighted by Gasteiger charge is -2.34. The molecule has 0 bridgehead atoms. The van der Waals surface area contributed by atoms with Crippen molar-refractivity contribution in [1.29, 1.82) is 0 Å². The lowest BCUT2D eigenvalue weighted by molar-refractivity contribution is -0.762. The Hall–Kier alpha value is -3.86. The van der Waals surface area contributed by atoms with Gasteiger partial charge in [0.1, 0.15) is 23.5 Å². The lowest BCUT2D eigenvalue weighted by atomic mass is 9.76. The average Bonchev–Trinajstić information content (AvgIpc) is 3.45. The van der Waals surface area contributed by atoms with Gasteiger partial charge in [0, 0.05) is 29.5 Å². The summed E-state index contributed by atoms with van der Waals surface area (Å²) in [6.07, 6.45) is 11.1. The monoisotopic (exact) mass is 585 g/mol. The van der Waals surface area contributed by atoms with Crippen molar-refractivity contribution in [2.75, 3.05) is 0 Å². The van der Waals surface area contributed by atoms with Crippen LogP contribution in [0, 0.1) is 0 Å². The van der Waals surface area contributed by atoms with Crippen LogP contribution in [0.3, 0.4) is 0 Å². The van der Waals surface area contributed by atoms with Gasteiger partial charge in [-0.15, -0.1) is 0 Å². The zero-order chi connectivity index (χ0) is 30.6. The van der Waals surface area contributed by atoms with Crippen molar-refractivity contribution in [1.82, 2.24) is 14.8 Å². The fraction of sp³-hybridized carbons (Fsp3) is 0.436. The minimum Gasteiger partial charge on any atom is -0.252 e.